The third kappa shape index (κ3) is 5.31. The number of nitrogens with zero attached hydrogens (tertiary/aromatic N) is 4. The molecule has 0 aromatic carbocycles. The molecule has 0 fully saturated rings. The highest BCUT2D eigenvalue weighted by atomic mass is 32.2. The molecule has 0 saturated carbocycles. The summed E-state index contributed by atoms with van der Waals surface area (Å²) >= 11 is 1.82. The number of aromatic nitrogens is 1. The van der Waals surface area contributed by atoms with Gasteiger partial charge in [-0.1, -0.05) is 0 Å². The number of likely N-dealkylation sites (N-methyl/N-ethyl adjacent to an activating group) is 1. The van der Waals surface area contributed by atoms with Crippen LogP contribution in [0.25, 0.3) is 0 Å². The van der Waals surface area contributed by atoms with E-state index in [9.17, 15) is 4.79 Å². The number of thioether (sulfide) groups is 1. The van der Waals surface area contributed by atoms with Crippen molar-refractivity contribution in [1.82, 2.24) is 20.1 Å². The van der Waals surface area contributed by atoms with Crippen LogP contribution in [0.5, 0.6) is 0 Å². The molecule has 1 aromatic heterocycles. The number of hydrogen-bond donors (Lipinski definition) is 1. The lowest BCUT2D eigenvalue weighted by molar-refractivity contribution is -0.116. The molecule has 7 heteroatoms. The van der Waals surface area contributed by atoms with E-state index < -0.39 is 0 Å². The Balaban J connectivity index is 1.68. The van der Waals surface area contributed by atoms with Gasteiger partial charge in [0.2, 0.25) is 5.96 Å². The van der Waals surface area contributed by atoms with Crippen molar-refractivity contribution in [2.45, 2.75) is 12.3 Å². The number of guanidine groups is 1. The van der Waals surface area contributed by atoms with E-state index in [2.05, 4.69) is 46.4 Å². The highest BCUT2D eigenvalue weighted by Crippen LogP contribution is 2.12. The van der Waals surface area contributed by atoms with E-state index in [1.165, 1.54) is 5.56 Å². The topological polar surface area (TPSA) is 60.8 Å². The molecule has 0 atom stereocenters. The molecule has 0 unspecified atom stereocenters. The van der Waals surface area contributed by atoms with Crippen molar-refractivity contribution in [2.75, 3.05) is 40.0 Å². The Morgan fingerprint density at radius 1 is 1.45 bits per heavy atom. The largest absolute Gasteiger partial charge is 0.355 e. The summed E-state index contributed by atoms with van der Waals surface area (Å²) in [5, 5.41) is 3.19. The monoisotopic (exact) mass is 321 g/mol. The van der Waals surface area contributed by atoms with Crippen LogP contribution in [0.15, 0.2) is 23.3 Å². The normalized spacial score (nSPS) is 14.6. The van der Waals surface area contributed by atoms with Gasteiger partial charge in [0.05, 0.1) is 5.69 Å². The SMILES string of the molecule is CN(C)Cc1ccnc(CSCCNC2=NC(=O)CN2C)c1. The molecule has 6 nitrogen and oxygen atoms in total. The summed E-state index contributed by atoms with van der Waals surface area (Å²) in [5.74, 6) is 2.43. The zero-order chi connectivity index (χ0) is 15.9. The first-order valence-corrected chi connectivity index (χ1v) is 8.43. The number of nitrogens with one attached hydrogen (secondary N) is 1. The Labute approximate surface area is 136 Å². The molecular formula is C15H23N5OS. The quantitative estimate of drug-likeness (QED) is 0.750. The van der Waals surface area contributed by atoms with E-state index >= 15 is 0 Å². The molecule has 1 aromatic rings. The highest BCUT2D eigenvalue weighted by Gasteiger charge is 2.18. The maximum absolute atomic E-state index is 11.2. The van der Waals surface area contributed by atoms with Gasteiger partial charge in [-0.25, -0.2) is 0 Å². The maximum atomic E-state index is 11.2. The van der Waals surface area contributed by atoms with E-state index in [-0.39, 0.29) is 5.91 Å². The van der Waals surface area contributed by atoms with Crippen LogP contribution in [0.2, 0.25) is 0 Å². The van der Waals surface area contributed by atoms with Crippen molar-refractivity contribution < 1.29 is 4.79 Å². The van der Waals surface area contributed by atoms with Gasteiger partial charge in [-0.15, -0.1) is 0 Å². The summed E-state index contributed by atoms with van der Waals surface area (Å²) in [5.41, 5.74) is 2.39. The van der Waals surface area contributed by atoms with Crippen LogP contribution in [0.1, 0.15) is 11.3 Å². The predicted molar refractivity (Wildman–Crippen MR) is 90.9 cm³/mol. The molecule has 2 rings (SSSR count). The van der Waals surface area contributed by atoms with E-state index in [0.717, 1.165) is 30.3 Å². The van der Waals surface area contributed by atoms with Crippen molar-refractivity contribution in [3.8, 4) is 0 Å². The average molecular weight is 321 g/mol. The second-order valence-electron chi connectivity index (χ2n) is 5.56. The van der Waals surface area contributed by atoms with Crippen molar-refractivity contribution in [1.29, 1.82) is 0 Å². The molecule has 120 valence electrons. The van der Waals surface area contributed by atoms with Gasteiger partial charge in [0.25, 0.3) is 5.91 Å². The summed E-state index contributed by atoms with van der Waals surface area (Å²) < 4.78 is 0. The van der Waals surface area contributed by atoms with Gasteiger partial charge in [0.1, 0.15) is 6.54 Å². The number of pyridine rings is 1. The molecular weight excluding hydrogens is 298 g/mol. The smallest absolute Gasteiger partial charge is 0.268 e. The van der Waals surface area contributed by atoms with Crippen molar-refractivity contribution >= 4 is 23.6 Å². The fourth-order valence-electron chi connectivity index (χ4n) is 2.17. The molecule has 1 aliphatic rings. The molecule has 0 bridgehead atoms. The first-order valence-electron chi connectivity index (χ1n) is 7.27. The van der Waals surface area contributed by atoms with Crippen molar-refractivity contribution in [3.63, 3.8) is 0 Å². The number of amides is 1. The van der Waals surface area contributed by atoms with Gasteiger partial charge in [-0.05, 0) is 31.8 Å². The van der Waals surface area contributed by atoms with Crippen LogP contribution in [0.4, 0.5) is 0 Å². The first kappa shape index (κ1) is 16.8. The predicted octanol–water partition coefficient (Wildman–Crippen LogP) is 0.794. The van der Waals surface area contributed by atoms with Crippen LogP contribution < -0.4 is 5.32 Å². The van der Waals surface area contributed by atoms with Gasteiger partial charge < -0.3 is 15.1 Å². The van der Waals surface area contributed by atoms with Gasteiger partial charge in [-0.3, -0.25) is 9.78 Å². The van der Waals surface area contributed by atoms with Crippen molar-refractivity contribution in [3.05, 3.63) is 29.6 Å². The zero-order valence-corrected chi connectivity index (χ0v) is 14.2. The Hall–Kier alpha value is -1.60. The Kier molecular flexibility index (Phi) is 6.21. The zero-order valence-electron chi connectivity index (χ0n) is 13.4. The molecule has 0 saturated heterocycles. The second-order valence-corrected chi connectivity index (χ2v) is 6.66. The number of carbonyl (C=O) groups is 1. The molecule has 1 amide bonds. The molecule has 0 radical (unpaired) electrons. The van der Waals surface area contributed by atoms with Gasteiger partial charge >= 0.3 is 0 Å². The lowest BCUT2D eigenvalue weighted by atomic mass is 10.2. The summed E-state index contributed by atoms with van der Waals surface area (Å²) in [6, 6.07) is 4.22. The lowest BCUT2D eigenvalue weighted by Crippen LogP contribution is -2.36. The molecule has 0 aliphatic carbocycles. The molecule has 1 aliphatic heterocycles. The summed E-state index contributed by atoms with van der Waals surface area (Å²) in [4.78, 5) is 23.5. The van der Waals surface area contributed by atoms with E-state index in [1.807, 2.05) is 29.9 Å². The van der Waals surface area contributed by atoms with Gasteiger partial charge in [0.15, 0.2) is 0 Å². The second kappa shape index (κ2) is 8.14. The van der Waals surface area contributed by atoms with Crippen LogP contribution in [0.3, 0.4) is 0 Å². The Morgan fingerprint density at radius 3 is 2.95 bits per heavy atom. The van der Waals surface area contributed by atoms with Crippen LogP contribution in [-0.2, 0) is 17.1 Å². The number of rotatable bonds is 7. The minimum Gasteiger partial charge on any atom is -0.355 e. The van der Waals surface area contributed by atoms with Gasteiger partial charge in [-0.2, -0.15) is 16.8 Å². The fourth-order valence-corrected chi connectivity index (χ4v) is 2.93. The molecule has 2 heterocycles. The third-order valence-corrected chi connectivity index (χ3v) is 4.12. The standard InChI is InChI=1S/C15H23N5OS/c1-19(2)9-12-4-5-16-13(8-12)11-22-7-6-17-15-18-14(21)10-20(15)3/h4-5,8H,6-7,9-11H2,1-3H3,(H,17,18,21). The third-order valence-electron chi connectivity index (χ3n) is 3.12. The average Bonchev–Trinajstić information content (AvgIpc) is 2.76. The summed E-state index contributed by atoms with van der Waals surface area (Å²) in [6.07, 6.45) is 1.88. The van der Waals surface area contributed by atoms with E-state index in [0.29, 0.717) is 12.5 Å². The number of hydrogen-bond acceptors (Lipinski definition) is 6. The Bertz CT molecular complexity index is 546. The van der Waals surface area contributed by atoms with Crippen LogP contribution in [0, 0.1) is 0 Å². The fraction of sp³-hybridized carbons (Fsp3) is 0.533. The van der Waals surface area contributed by atoms with Crippen molar-refractivity contribution in [2.24, 2.45) is 4.99 Å². The minimum absolute atomic E-state index is 0.0837. The van der Waals surface area contributed by atoms with Gasteiger partial charge in [0, 0.05) is 37.8 Å². The first-order chi connectivity index (χ1) is 10.5. The molecule has 0 spiro atoms. The highest BCUT2D eigenvalue weighted by molar-refractivity contribution is 7.98. The summed E-state index contributed by atoms with van der Waals surface area (Å²) in [7, 11) is 5.99. The van der Waals surface area contributed by atoms with Crippen LogP contribution in [-0.4, -0.2) is 66.6 Å². The lowest BCUT2D eigenvalue weighted by Gasteiger charge is -2.14. The Morgan fingerprint density at radius 2 is 2.27 bits per heavy atom. The van der Waals surface area contributed by atoms with E-state index in [4.69, 9.17) is 0 Å². The minimum atomic E-state index is -0.0837. The van der Waals surface area contributed by atoms with Crippen LogP contribution >= 0.6 is 11.8 Å². The molecule has 22 heavy (non-hydrogen) atoms. The van der Waals surface area contributed by atoms with E-state index in [1.54, 1.807) is 0 Å². The molecule has 1 N–H and O–H groups in total. The maximum Gasteiger partial charge on any atom is 0.268 e. The summed E-state index contributed by atoms with van der Waals surface area (Å²) in [6.45, 7) is 2.10. The number of carbonyl (C=O) groups excluding carboxylic acids is 1. The number of aliphatic imine (C=N–C) groups is 1.